The molecule has 1 amide bonds. The first-order valence-corrected chi connectivity index (χ1v) is 9.08. The van der Waals surface area contributed by atoms with Gasteiger partial charge < -0.3 is 14.8 Å². The summed E-state index contributed by atoms with van der Waals surface area (Å²) in [4.78, 5) is 35.2. The quantitative estimate of drug-likeness (QED) is 0.463. The molecule has 0 spiro atoms. The number of non-ortho nitro benzene ring substituents is 1. The fraction of sp³-hybridized carbons (Fsp3) is 0.579. The van der Waals surface area contributed by atoms with Crippen molar-refractivity contribution in [3.05, 3.63) is 33.9 Å². The minimum atomic E-state index is -1.02. The van der Waals surface area contributed by atoms with Crippen molar-refractivity contribution < 1.29 is 24.0 Å². The zero-order valence-electron chi connectivity index (χ0n) is 16.1. The van der Waals surface area contributed by atoms with E-state index in [1.54, 1.807) is 0 Å². The first-order chi connectivity index (χ1) is 12.7. The normalized spacial score (nSPS) is 23.2. The Balaban J connectivity index is 2.05. The number of nitro groups is 1. The average Bonchev–Trinajstić information content (AvgIpc) is 2.64. The highest BCUT2D eigenvalue weighted by atomic mass is 16.6. The van der Waals surface area contributed by atoms with Gasteiger partial charge in [0, 0.05) is 18.2 Å². The van der Waals surface area contributed by atoms with Gasteiger partial charge in [0.1, 0.15) is 11.3 Å². The van der Waals surface area contributed by atoms with Gasteiger partial charge in [-0.25, -0.2) is 4.79 Å². The van der Waals surface area contributed by atoms with Crippen LogP contribution in [0.25, 0.3) is 0 Å². The minimum Gasteiger partial charge on any atom is -0.496 e. The van der Waals surface area contributed by atoms with Gasteiger partial charge in [-0.1, -0.05) is 26.7 Å². The van der Waals surface area contributed by atoms with Crippen LogP contribution in [0, 0.1) is 22.0 Å². The molecule has 1 aliphatic carbocycles. The van der Waals surface area contributed by atoms with Crippen LogP contribution in [-0.4, -0.2) is 36.1 Å². The van der Waals surface area contributed by atoms with Crippen LogP contribution < -0.4 is 10.1 Å². The number of carbonyl (C=O) groups excluding carboxylic acids is 2. The number of hydrogen-bond acceptors (Lipinski definition) is 6. The maximum Gasteiger partial charge on any atom is 0.342 e. The van der Waals surface area contributed by atoms with Crippen molar-refractivity contribution in [2.75, 3.05) is 7.11 Å². The molecular formula is C19H26N2O6. The summed E-state index contributed by atoms with van der Waals surface area (Å²) in [7, 11) is 1.35. The Morgan fingerprint density at radius 1 is 1.30 bits per heavy atom. The van der Waals surface area contributed by atoms with Crippen molar-refractivity contribution >= 4 is 17.6 Å². The molecule has 0 bridgehead atoms. The average molecular weight is 378 g/mol. The predicted octanol–water partition coefficient (Wildman–Crippen LogP) is 3.09. The number of amides is 1. The summed E-state index contributed by atoms with van der Waals surface area (Å²) in [6.45, 7) is 5.76. The lowest BCUT2D eigenvalue weighted by Gasteiger charge is -2.35. The van der Waals surface area contributed by atoms with Crippen molar-refractivity contribution in [3.8, 4) is 5.75 Å². The fourth-order valence-electron chi connectivity index (χ4n) is 3.33. The summed E-state index contributed by atoms with van der Waals surface area (Å²) >= 11 is 0. The van der Waals surface area contributed by atoms with Gasteiger partial charge in [0.2, 0.25) is 0 Å². The van der Waals surface area contributed by atoms with E-state index in [1.807, 2.05) is 0 Å². The molecular weight excluding hydrogens is 352 g/mol. The number of methoxy groups -OCH3 is 1. The molecule has 8 nitrogen and oxygen atoms in total. The van der Waals surface area contributed by atoms with Crippen molar-refractivity contribution in [1.29, 1.82) is 0 Å². The Hall–Kier alpha value is -2.64. The fourth-order valence-corrected chi connectivity index (χ4v) is 3.33. The zero-order chi connectivity index (χ0) is 20.1. The van der Waals surface area contributed by atoms with Gasteiger partial charge in [-0.05, 0) is 31.2 Å². The van der Waals surface area contributed by atoms with Gasteiger partial charge in [0.05, 0.1) is 12.0 Å². The maximum absolute atomic E-state index is 12.4. The van der Waals surface area contributed by atoms with Crippen molar-refractivity contribution in [2.45, 2.75) is 52.2 Å². The van der Waals surface area contributed by atoms with E-state index in [1.165, 1.54) is 26.2 Å². The minimum absolute atomic E-state index is 0.0507. The molecule has 8 heteroatoms. The number of nitrogens with one attached hydrogen (secondary N) is 1. The van der Waals surface area contributed by atoms with E-state index in [9.17, 15) is 19.7 Å². The number of hydrogen-bond donors (Lipinski definition) is 1. The van der Waals surface area contributed by atoms with Crippen molar-refractivity contribution in [2.24, 2.45) is 11.8 Å². The molecule has 1 aromatic carbocycles. The lowest BCUT2D eigenvalue weighted by molar-refractivity contribution is -0.384. The van der Waals surface area contributed by atoms with Crippen LogP contribution in [0.2, 0.25) is 0 Å². The molecule has 4 atom stereocenters. The van der Waals surface area contributed by atoms with Gasteiger partial charge in [0.25, 0.3) is 11.6 Å². The molecule has 1 fully saturated rings. The lowest BCUT2D eigenvalue weighted by atomic mass is 9.78. The summed E-state index contributed by atoms with van der Waals surface area (Å²) in [6, 6.07) is 3.69. The maximum atomic E-state index is 12.4. The van der Waals surface area contributed by atoms with E-state index in [0.29, 0.717) is 11.8 Å². The molecule has 0 heterocycles. The molecule has 1 N–H and O–H groups in total. The Morgan fingerprint density at radius 3 is 2.63 bits per heavy atom. The van der Waals surface area contributed by atoms with E-state index in [4.69, 9.17) is 9.47 Å². The third-order valence-corrected chi connectivity index (χ3v) is 5.30. The molecule has 0 aliphatic heterocycles. The van der Waals surface area contributed by atoms with Gasteiger partial charge in [-0.3, -0.25) is 14.9 Å². The highest BCUT2D eigenvalue weighted by Crippen LogP contribution is 2.29. The zero-order valence-corrected chi connectivity index (χ0v) is 16.1. The van der Waals surface area contributed by atoms with E-state index in [2.05, 4.69) is 19.2 Å². The Bertz CT molecular complexity index is 720. The van der Waals surface area contributed by atoms with Crippen LogP contribution in [0.15, 0.2) is 18.2 Å². The van der Waals surface area contributed by atoms with Crippen LogP contribution in [0.4, 0.5) is 5.69 Å². The number of benzene rings is 1. The first-order valence-electron chi connectivity index (χ1n) is 9.08. The van der Waals surface area contributed by atoms with E-state index in [0.717, 1.165) is 25.3 Å². The molecule has 27 heavy (non-hydrogen) atoms. The molecule has 0 aromatic heterocycles. The first kappa shape index (κ1) is 20.7. The Morgan fingerprint density at radius 2 is 2.00 bits per heavy atom. The second kappa shape index (κ2) is 8.83. The van der Waals surface area contributed by atoms with Gasteiger partial charge >= 0.3 is 5.97 Å². The number of nitro benzene ring substituents is 1. The number of rotatable bonds is 6. The highest BCUT2D eigenvalue weighted by molar-refractivity contribution is 5.95. The molecule has 1 aromatic rings. The molecule has 148 valence electrons. The third kappa shape index (κ3) is 4.96. The SMILES string of the molecule is COc1ccc([N+](=O)[O-])cc1C(=O)O[C@H](C)C(=O)N[C@@H]1CCC[C@H](C)[C@H]1C. The topological polar surface area (TPSA) is 108 Å². The smallest absolute Gasteiger partial charge is 0.342 e. The number of carbonyl (C=O) groups is 2. The van der Waals surface area contributed by atoms with Crippen molar-refractivity contribution in [3.63, 3.8) is 0 Å². The summed E-state index contributed by atoms with van der Waals surface area (Å²) < 4.78 is 10.3. The van der Waals surface area contributed by atoms with E-state index in [-0.39, 0.29) is 28.9 Å². The molecule has 1 saturated carbocycles. The highest BCUT2D eigenvalue weighted by Gasteiger charge is 2.30. The second-order valence-electron chi connectivity index (χ2n) is 7.07. The van der Waals surface area contributed by atoms with Crippen LogP contribution in [0.1, 0.15) is 50.4 Å². The molecule has 2 rings (SSSR count). The molecule has 0 saturated heterocycles. The lowest BCUT2D eigenvalue weighted by Crippen LogP contribution is -2.47. The third-order valence-electron chi connectivity index (χ3n) is 5.30. The summed E-state index contributed by atoms with van der Waals surface area (Å²) in [6.07, 6.45) is 2.07. The summed E-state index contributed by atoms with van der Waals surface area (Å²) in [5, 5.41) is 13.9. The van der Waals surface area contributed by atoms with Crippen LogP contribution in [-0.2, 0) is 9.53 Å². The van der Waals surface area contributed by atoms with E-state index >= 15 is 0 Å². The van der Waals surface area contributed by atoms with Crippen molar-refractivity contribution in [1.82, 2.24) is 5.32 Å². The molecule has 1 aliphatic rings. The molecule has 0 radical (unpaired) electrons. The standard InChI is InChI=1S/C19H26N2O6/c1-11-6-5-7-16(12(11)2)20-18(22)13(3)27-19(23)15-10-14(21(24)25)8-9-17(15)26-4/h8-13,16H,5-7H2,1-4H3,(H,20,22)/t11-,12+,13+,16+/m0/s1. The van der Waals surface area contributed by atoms with E-state index < -0.39 is 17.0 Å². The van der Waals surface area contributed by atoms with Crippen LogP contribution >= 0.6 is 0 Å². The van der Waals surface area contributed by atoms with Gasteiger partial charge in [-0.15, -0.1) is 0 Å². The molecule has 0 unspecified atom stereocenters. The Kier molecular flexibility index (Phi) is 6.76. The largest absolute Gasteiger partial charge is 0.496 e. The number of ether oxygens (including phenoxy) is 2. The van der Waals surface area contributed by atoms with Gasteiger partial charge in [0.15, 0.2) is 6.10 Å². The van der Waals surface area contributed by atoms with Crippen LogP contribution in [0.5, 0.6) is 5.75 Å². The second-order valence-corrected chi connectivity index (χ2v) is 7.07. The number of nitrogens with zero attached hydrogens (tertiary/aromatic N) is 1. The monoisotopic (exact) mass is 378 g/mol. The number of esters is 1. The Labute approximate surface area is 158 Å². The van der Waals surface area contributed by atoms with Crippen LogP contribution in [0.3, 0.4) is 0 Å². The van der Waals surface area contributed by atoms with Gasteiger partial charge in [-0.2, -0.15) is 0 Å². The summed E-state index contributed by atoms with van der Waals surface area (Å²) in [5.41, 5.74) is -0.351. The summed E-state index contributed by atoms with van der Waals surface area (Å²) in [5.74, 6) is -0.201. The predicted molar refractivity (Wildman–Crippen MR) is 98.6 cm³/mol.